The molecule has 7 aliphatic heterocycles. The van der Waals surface area contributed by atoms with Gasteiger partial charge in [-0.2, -0.15) is 0 Å². The molecule has 26 atom stereocenters. The monoisotopic (exact) mass is 1440 g/mol. The van der Waals surface area contributed by atoms with Crippen LogP contribution in [0, 0.1) is 10.8 Å². The lowest BCUT2D eigenvalue weighted by Crippen LogP contribution is -2.69. The summed E-state index contributed by atoms with van der Waals surface area (Å²) in [7, 11) is 0. The number of carbonyl (C=O) groups excluding carboxylic acids is 6. The number of hydrogen-bond acceptors (Lipinski definition) is 28. The Labute approximate surface area is 582 Å². The second-order valence-electron chi connectivity index (χ2n) is 25.6. The molecule has 102 heavy (non-hydrogen) atoms. The van der Waals surface area contributed by atoms with Crippen molar-refractivity contribution < 1.29 is 128 Å². The minimum atomic E-state index is -2.36. The molecular formula is C64H88N12O26. The Morgan fingerprint density at radius 1 is 0.588 bits per heavy atom. The molecule has 3 aromatic rings. The second-order valence-corrected chi connectivity index (χ2v) is 25.6. The van der Waals surface area contributed by atoms with Crippen molar-refractivity contribution >= 4 is 47.4 Å². The fraction of sp³-hybridized carbons (Fsp3) is 0.594. The average Bonchev–Trinajstić information content (AvgIpc) is 1.42. The molecule has 7 saturated heterocycles. The van der Waals surface area contributed by atoms with Crippen LogP contribution < -0.4 is 57.3 Å². The number of amides is 6. The highest BCUT2D eigenvalue weighted by Gasteiger charge is 2.56. The molecular weight excluding hydrogens is 1350 g/mol. The summed E-state index contributed by atoms with van der Waals surface area (Å²) in [5, 5.41) is 173. The van der Waals surface area contributed by atoms with Gasteiger partial charge < -0.3 is 152 Å². The number of ether oxygens (including phenoxy) is 8. The lowest BCUT2D eigenvalue weighted by molar-refractivity contribution is -0.383. The topological polar surface area (TPSA) is 578 Å². The SMILES string of the molecule is CCCOc1ccc(C2OCC3OC(OC4C(CO)OC(Oc5ccc(CC6NC(=O)C(C(C)c7ccccc7)NC(=O)CNC(=O)C(CO)NC(=O)C(C(O)C7CNC(=N)N7C7OC(CO)C(O)C(O)C7O)NC(=O)C(C(O)C7CNC(=N)N7)NC6=O)cc5)C(O)C4O)C(O)C(O)C3O2)cc1. The van der Waals surface area contributed by atoms with Gasteiger partial charge in [-0.15, -0.1) is 0 Å². The zero-order valence-electron chi connectivity index (χ0n) is 55.1. The first-order chi connectivity index (χ1) is 48.8. The molecule has 0 radical (unpaired) electrons. The van der Waals surface area contributed by atoms with E-state index in [4.69, 9.17) is 48.7 Å². The second kappa shape index (κ2) is 34.0. The van der Waals surface area contributed by atoms with E-state index < -0.39 is 239 Å². The van der Waals surface area contributed by atoms with Crippen LogP contribution in [-0.4, -0.2) is 313 Å². The summed E-state index contributed by atoms with van der Waals surface area (Å²) in [4.78, 5) is 88.4. The lowest BCUT2D eigenvalue weighted by Gasteiger charge is -2.48. The Balaban J connectivity index is 0.893. The highest BCUT2D eigenvalue weighted by Crippen LogP contribution is 2.37. The lowest BCUT2D eigenvalue weighted by atomic mass is 9.92. The highest BCUT2D eigenvalue weighted by atomic mass is 16.8. The van der Waals surface area contributed by atoms with Crippen molar-refractivity contribution in [2.75, 3.05) is 52.7 Å². The fourth-order valence-electron chi connectivity index (χ4n) is 12.9. The van der Waals surface area contributed by atoms with Crippen molar-refractivity contribution in [3.8, 4) is 11.5 Å². The number of fused-ring (bicyclic) bond motifs is 1. The largest absolute Gasteiger partial charge is 0.494 e. The molecule has 0 aliphatic carbocycles. The number of aliphatic hydroxyl groups is 12. The van der Waals surface area contributed by atoms with Crippen LogP contribution >= 0.6 is 0 Å². The molecule has 560 valence electrons. The van der Waals surface area contributed by atoms with Crippen molar-refractivity contribution in [1.82, 2.24) is 52.8 Å². The predicted molar refractivity (Wildman–Crippen MR) is 344 cm³/mol. The van der Waals surface area contributed by atoms with Crippen molar-refractivity contribution in [2.45, 2.75) is 185 Å². The summed E-state index contributed by atoms with van der Waals surface area (Å²) < 4.78 is 47.1. The summed E-state index contributed by atoms with van der Waals surface area (Å²) in [6.07, 6.45) is -30.2. The number of carbonyl (C=O) groups is 6. The van der Waals surface area contributed by atoms with E-state index in [-0.39, 0.29) is 30.4 Å². The highest BCUT2D eigenvalue weighted by molar-refractivity contribution is 5.98. The van der Waals surface area contributed by atoms with Crippen LogP contribution in [0.2, 0.25) is 0 Å². The first kappa shape index (κ1) is 76.5. The van der Waals surface area contributed by atoms with Crippen LogP contribution in [0.4, 0.5) is 0 Å². The van der Waals surface area contributed by atoms with E-state index in [1.165, 1.54) is 24.3 Å². The van der Waals surface area contributed by atoms with Crippen LogP contribution in [0.15, 0.2) is 78.9 Å². The molecule has 0 spiro atoms. The van der Waals surface area contributed by atoms with E-state index in [2.05, 4.69) is 47.9 Å². The number of benzene rings is 3. The summed E-state index contributed by atoms with van der Waals surface area (Å²) in [6, 6.07) is 7.83. The number of rotatable bonds is 20. The summed E-state index contributed by atoms with van der Waals surface area (Å²) in [5.74, 6) is -8.60. The van der Waals surface area contributed by atoms with Gasteiger partial charge in [0.2, 0.25) is 41.7 Å². The van der Waals surface area contributed by atoms with E-state index in [1.54, 1.807) is 61.5 Å². The molecule has 6 amide bonds. The van der Waals surface area contributed by atoms with Crippen molar-refractivity contribution in [3.05, 3.63) is 95.6 Å². The smallest absolute Gasteiger partial charge is 0.246 e. The Kier molecular flexibility index (Phi) is 25.5. The maximum absolute atomic E-state index is 15.2. The molecule has 3 aromatic carbocycles. The van der Waals surface area contributed by atoms with Gasteiger partial charge in [0, 0.05) is 31.0 Å². The number of aliphatic hydroxyl groups excluding tert-OH is 12. The Morgan fingerprint density at radius 3 is 1.90 bits per heavy atom. The molecule has 38 heteroatoms. The molecule has 23 N–H and O–H groups in total. The molecule has 0 aromatic heterocycles. The van der Waals surface area contributed by atoms with Gasteiger partial charge >= 0.3 is 0 Å². The molecule has 7 fully saturated rings. The number of nitrogens with zero attached hydrogens (tertiary/aromatic N) is 1. The first-order valence-electron chi connectivity index (χ1n) is 33.2. The summed E-state index contributed by atoms with van der Waals surface area (Å²) in [6.45, 7) is -0.644. The van der Waals surface area contributed by atoms with E-state index in [1.807, 2.05) is 6.92 Å². The van der Waals surface area contributed by atoms with Crippen molar-refractivity contribution in [3.63, 3.8) is 0 Å². The van der Waals surface area contributed by atoms with Gasteiger partial charge in [-0.05, 0) is 41.8 Å². The van der Waals surface area contributed by atoms with Crippen LogP contribution in [0.1, 0.15) is 49.2 Å². The van der Waals surface area contributed by atoms with Gasteiger partial charge in [0.25, 0.3) is 0 Å². The zero-order valence-corrected chi connectivity index (χ0v) is 55.1. The maximum Gasteiger partial charge on any atom is 0.246 e. The molecule has 38 nitrogen and oxygen atoms in total. The van der Waals surface area contributed by atoms with Crippen molar-refractivity contribution in [2.24, 2.45) is 0 Å². The Morgan fingerprint density at radius 2 is 1.24 bits per heavy atom. The molecule has 10 rings (SSSR count). The molecule has 7 aliphatic rings. The standard InChI is InChI=1S/C64H88N12O26/c1-3-17-95-30-15-11-29(12-16-30)60-96-25-38-53(101-60)48(86)51(89)62(100-38)102-52-37(24-79)99-61(50(88)47(52)85)97-31-13-9-27(10-14-31)18-32-55(91)74-41(43(81)33-19-68-63(65)72-33)58(94)75-42(44(82)35-20-69-64(66)76(35)59-49(87)46(84)45(83)36(23-78)98-59)57(93)71-34(22-77)54(90)67-21-39(80)73-40(56(92)70-32)26(2)28-7-5-4-6-8-28/h4-16,26,32-38,40-53,59-62,77-79,81-89H,3,17-25H2,1-2H3,(H2,66,69)(H,67,90)(H,70,92)(H,71,93)(H,73,80)(H,74,91)(H,75,94)(H3,65,68,72). The molecule has 0 saturated carbocycles. The minimum Gasteiger partial charge on any atom is -0.494 e. The van der Waals surface area contributed by atoms with Gasteiger partial charge in [0.1, 0.15) is 127 Å². The Bertz CT molecular complexity index is 3390. The third-order valence-electron chi connectivity index (χ3n) is 18.7. The van der Waals surface area contributed by atoms with Crippen molar-refractivity contribution in [1.29, 1.82) is 10.8 Å². The minimum absolute atomic E-state index is 0.0527. The van der Waals surface area contributed by atoms with Crippen LogP contribution in [0.3, 0.4) is 0 Å². The van der Waals surface area contributed by atoms with Crippen LogP contribution in [-0.2, 0) is 63.6 Å². The van der Waals surface area contributed by atoms with Gasteiger partial charge in [-0.1, -0.05) is 68.4 Å². The van der Waals surface area contributed by atoms with Gasteiger partial charge in [0.15, 0.2) is 30.7 Å². The normalized spacial score (nSPS) is 36.1. The molecule has 26 unspecified atom stereocenters. The third-order valence-corrected chi connectivity index (χ3v) is 18.7. The first-order valence-corrected chi connectivity index (χ1v) is 33.2. The van der Waals surface area contributed by atoms with E-state index in [9.17, 15) is 80.5 Å². The van der Waals surface area contributed by atoms with Gasteiger partial charge in [-0.3, -0.25) is 39.6 Å². The van der Waals surface area contributed by atoms with Crippen LogP contribution in [0.25, 0.3) is 0 Å². The number of hydrogen-bond donors (Lipinski definition) is 23. The maximum atomic E-state index is 15.2. The molecule has 0 bridgehead atoms. The summed E-state index contributed by atoms with van der Waals surface area (Å²) in [5.41, 5.74) is 1.32. The quantitative estimate of drug-likeness (QED) is 0.0499. The van der Waals surface area contributed by atoms with Gasteiger partial charge in [-0.25, -0.2) is 0 Å². The van der Waals surface area contributed by atoms with E-state index in [0.29, 0.717) is 23.5 Å². The molecule has 7 heterocycles. The summed E-state index contributed by atoms with van der Waals surface area (Å²) >= 11 is 0. The Hall–Kier alpha value is -8.10. The predicted octanol–water partition coefficient (Wildman–Crippen LogP) is -9.64. The van der Waals surface area contributed by atoms with Gasteiger partial charge in [0.05, 0.1) is 51.7 Å². The zero-order chi connectivity index (χ0) is 73.4. The van der Waals surface area contributed by atoms with E-state index >= 15 is 9.59 Å². The number of nitrogens with one attached hydrogen (secondary N) is 11. The average molecular weight is 1440 g/mol. The third kappa shape index (κ3) is 17.2. The van der Waals surface area contributed by atoms with Crippen LogP contribution in [0.5, 0.6) is 11.5 Å². The number of guanidine groups is 2. The fourth-order valence-corrected chi connectivity index (χ4v) is 12.9. The van der Waals surface area contributed by atoms with E-state index in [0.717, 1.165) is 11.3 Å².